The maximum Gasteiger partial charge on any atom is 0.126 e. The van der Waals surface area contributed by atoms with Gasteiger partial charge in [0.05, 0.1) is 12.2 Å². The Labute approximate surface area is 57.6 Å². The van der Waals surface area contributed by atoms with Gasteiger partial charge in [-0.1, -0.05) is 0 Å². The van der Waals surface area contributed by atoms with Gasteiger partial charge in [-0.25, -0.2) is 0 Å². The monoisotopic (exact) mass is 137 g/mol. The second-order valence-electron chi connectivity index (χ2n) is 1.67. The van der Waals surface area contributed by atoms with E-state index in [4.69, 9.17) is 4.42 Å². The molecule has 0 aromatic carbocycles. The van der Waals surface area contributed by atoms with Gasteiger partial charge < -0.3 is 14.3 Å². The summed E-state index contributed by atoms with van der Waals surface area (Å²) < 4.78 is 4.81. The number of carbonyl (C=O) groups excluding carboxylic acids is 1. The molecule has 0 saturated carbocycles. The molecule has 0 aliphatic carbocycles. The highest BCUT2D eigenvalue weighted by Crippen LogP contribution is 2.00. The van der Waals surface area contributed by atoms with Crippen LogP contribution < -0.4 is 5.11 Å². The van der Waals surface area contributed by atoms with Crippen molar-refractivity contribution < 1.29 is 14.3 Å². The van der Waals surface area contributed by atoms with Crippen LogP contribution >= 0.6 is 0 Å². The molecule has 0 atom stereocenters. The van der Waals surface area contributed by atoms with E-state index in [1.165, 1.54) is 12.3 Å². The molecule has 52 valence electrons. The molecule has 0 aliphatic rings. The van der Waals surface area contributed by atoms with Crippen LogP contribution in [-0.2, 0) is 4.79 Å². The van der Waals surface area contributed by atoms with Crippen molar-refractivity contribution in [3.63, 3.8) is 0 Å². The van der Waals surface area contributed by atoms with Crippen molar-refractivity contribution in [1.82, 2.24) is 0 Å². The molecular weight excluding hydrogens is 132 g/mol. The van der Waals surface area contributed by atoms with E-state index in [1.807, 2.05) is 0 Å². The summed E-state index contributed by atoms with van der Waals surface area (Å²) in [6.07, 6.45) is 3.71. The van der Waals surface area contributed by atoms with Gasteiger partial charge >= 0.3 is 0 Å². The van der Waals surface area contributed by atoms with E-state index in [9.17, 15) is 9.90 Å². The lowest BCUT2D eigenvalue weighted by atomic mass is 10.4. The van der Waals surface area contributed by atoms with Crippen LogP contribution in [0.5, 0.6) is 0 Å². The number of furan rings is 1. The molecule has 0 saturated heterocycles. The highest BCUT2D eigenvalue weighted by atomic mass is 16.4. The molecule has 3 heteroatoms. The molecule has 1 heterocycles. The van der Waals surface area contributed by atoms with E-state index in [2.05, 4.69) is 0 Å². The molecule has 10 heavy (non-hydrogen) atoms. The van der Waals surface area contributed by atoms with Crippen LogP contribution in [0, 0.1) is 0 Å². The Balaban J connectivity index is 2.64. The van der Waals surface area contributed by atoms with Gasteiger partial charge in [-0.15, -0.1) is 0 Å². The summed E-state index contributed by atoms with van der Waals surface area (Å²) in [5.74, 6) is -0.722. The number of carbonyl (C=O) groups is 1. The fourth-order valence-corrected chi connectivity index (χ4v) is 0.536. The van der Waals surface area contributed by atoms with Crippen LogP contribution in [0.3, 0.4) is 0 Å². The fraction of sp³-hybridized carbons (Fsp3) is 0. The lowest BCUT2D eigenvalue weighted by Gasteiger charge is -1.87. The van der Waals surface area contributed by atoms with Gasteiger partial charge in [-0.2, -0.15) is 0 Å². The standard InChI is InChI=1S/C7H6O3/c8-7(9)4-3-6-2-1-5-10-6/h1-5H,(H,8,9)/p-1. The number of carboxylic acid groups (broad SMARTS) is 1. The van der Waals surface area contributed by atoms with Crippen molar-refractivity contribution in [2.45, 2.75) is 0 Å². The molecule has 3 nitrogen and oxygen atoms in total. The zero-order chi connectivity index (χ0) is 7.40. The van der Waals surface area contributed by atoms with Crippen LogP contribution in [0.25, 0.3) is 6.08 Å². The molecule has 0 N–H and O–H groups in total. The Morgan fingerprint density at radius 3 is 3.00 bits per heavy atom. The zero-order valence-corrected chi connectivity index (χ0v) is 5.11. The second-order valence-corrected chi connectivity index (χ2v) is 1.67. The molecule has 0 bridgehead atoms. The third kappa shape index (κ3) is 1.78. The molecule has 0 amide bonds. The number of carboxylic acids is 1. The third-order valence-electron chi connectivity index (χ3n) is 0.927. The summed E-state index contributed by atoms with van der Waals surface area (Å²) in [5.41, 5.74) is 0. The Hall–Kier alpha value is -1.51. The Morgan fingerprint density at radius 1 is 1.70 bits per heavy atom. The Morgan fingerprint density at radius 2 is 2.50 bits per heavy atom. The smallest absolute Gasteiger partial charge is 0.126 e. The summed E-state index contributed by atoms with van der Waals surface area (Å²) in [6, 6.07) is 3.33. The summed E-state index contributed by atoms with van der Waals surface area (Å²) in [5, 5.41) is 9.85. The average molecular weight is 137 g/mol. The van der Waals surface area contributed by atoms with Crippen molar-refractivity contribution in [3.05, 3.63) is 30.2 Å². The van der Waals surface area contributed by atoms with Crippen molar-refractivity contribution in [2.24, 2.45) is 0 Å². The van der Waals surface area contributed by atoms with Crippen molar-refractivity contribution in [3.8, 4) is 0 Å². The van der Waals surface area contributed by atoms with Crippen molar-refractivity contribution in [1.29, 1.82) is 0 Å². The van der Waals surface area contributed by atoms with Gasteiger partial charge in [0.25, 0.3) is 0 Å². The fourth-order valence-electron chi connectivity index (χ4n) is 0.536. The van der Waals surface area contributed by atoms with E-state index in [0.29, 0.717) is 5.76 Å². The predicted molar refractivity (Wildman–Crippen MR) is 32.7 cm³/mol. The Bertz CT molecular complexity index is 233. The average Bonchev–Trinajstić information content (AvgIpc) is 2.34. The molecule has 0 spiro atoms. The normalized spacial score (nSPS) is 10.4. The van der Waals surface area contributed by atoms with Crippen LogP contribution in [0.1, 0.15) is 5.76 Å². The summed E-state index contributed by atoms with van der Waals surface area (Å²) >= 11 is 0. The van der Waals surface area contributed by atoms with Crippen LogP contribution in [0.15, 0.2) is 28.9 Å². The molecule has 0 unspecified atom stereocenters. The first kappa shape index (κ1) is 6.61. The summed E-state index contributed by atoms with van der Waals surface area (Å²) in [7, 11) is 0. The molecular formula is C7H5O3-. The minimum Gasteiger partial charge on any atom is -0.545 e. The zero-order valence-electron chi connectivity index (χ0n) is 5.11. The minimum atomic E-state index is -1.23. The second kappa shape index (κ2) is 2.87. The van der Waals surface area contributed by atoms with E-state index in [1.54, 1.807) is 12.1 Å². The van der Waals surface area contributed by atoms with Crippen molar-refractivity contribution in [2.75, 3.05) is 0 Å². The lowest BCUT2D eigenvalue weighted by Crippen LogP contribution is -2.18. The van der Waals surface area contributed by atoms with Crippen LogP contribution in [0.2, 0.25) is 0 Å². The first-order valence-electron chi connectivity index (χ1n) is 2.71. The van der Waals surface area contributed by atoms with Gasteiger partial charge in [0.2, 0.25) is 0 Å². The topological polar surface area (TPSA) is 53.3 Å². The van der Waals surface area contributed by atoms with Crippen LogP contribution in [-0.4, -0.2) is 5.97 Å². The van der Waals surface area contributed by atoms with E-state index < -0.39 is 5.97 Å². The Kier molecular flexibility index (Phi) is 1.89. The number of hydrogen-bond donors (Lipinski definition) is 0. The number of rotatable bonds is 2. The maximum atomic E-state index is 9.85. The number of aliphatic carboxylic acids is 1. The first-order valence-corrected chi connectivity index (χ1v) is 2.71. The SMILES string of the molecule is O=C([O-])C=Cc1ccco1. The van der Waals surface area contributed by atoms with Crippen molar-refractivity contribution >= 4 is 12.0 Å². The minimum absolute atomic E-state index is 0.504. The molecule has 1 rings (SSSR count). The first-order chi connectivity index (χ1) is 4.79. The molecule has 0 radical (unpaired) electrons. The molecule has 1 aromatic rings. The van der Waals surface area contributed by atoms with E-state index >= 15 is 0 Å². The van der Waals surface area contributed by atoms with Crippen LogP contribution in [0.4, 0.5) is 0 Å². The molecule has 0 aliphatic heterocycles. The highest BCUT2D eigenvalue weighted by molar-refractivity contribution is 5.82. The van der Waals surface area contributed by atoms with E-state index in [0.717, 1.165) is 6.08 Å². The van der Waals surface area contributed by atoms with Gasteiger partial charge in [0.1, 0.15) is 5.76 Å². The molecule has 0 fully saturated rings. The quantitative estimate of drug-likeness (QED) is 0.541. The van der Waals surface area contributed by atoms with E-state index in [-0.39, 0.29) is 0 Å². The number of hydrogen-bond acceptors (Lipinski definition) is 3. The summed E-state index contributed by atoms with van der Waals surface area (Å²) in [6.45, 7) is 0. The molecule has 1 aromatic heterocycles. The van der Waals surface area contributed by atoms with Gasteiger partial charge in [0, 0.05) is 0 Å². The maximum absolute atomic E-state index is 9.85. The van der Waals surface area contributed by atoms with Gasteiger partial charge in [-0.05, 0) is 24.3 Å². The largest absolute Gasteiger partial charge is 0.545 e. The lowest BCUT2D eigenvalue weighted by molar-refractivity contribution is -0.297. The third-order valence-corrected chi connectivity index (χ3v) is 0.927. The van der Waals surface area contributed by atoms with Gasteiger partial charge in [-0.3, -0.25) is 0 Å². The summed E-state index contributed by atoms with van der Waals surface area (Å²) in [4.78, 5) is 9.85. The highest BCUT2D eigenvalue weighted by Gasteiger charge is 1.84. The predicted octanol–water partition coefficient (Wildman–Crippen LogP) is 0.0427. The van der Waals surface area contributed by atoms with Gasteiger partial charge in [0.15, 0.2) is 0 Å².